The molecule has 0 aliphatic rings. The quantitative estimate of drug-likeness (QED) is 0.587. The second kappa shape index (κ2) is 10.1. The Morgan fingerprint density at radius 1 is 1.27 bits per heavy atom. The van der Waals surface area contributed by atoms with Crippen molar-refractivity contribution >= 4 is 10.5 Å². The summed E-state index contributed by atoms with van der Waals surface area (Å²) in [5.41, 5.74) is 0. The Kier molecular flexibility index (Phi) is 12.6. The SMILES string of the molecule is CC(C)O[SiH3].CCN(C)CC. The molecular weight excluding hydrogens is 154 g/mol. The summed E-state index contributed by atoms with van der Waals surface area (Å²) in [5.74, 6) is 0. The molecule has 0 radical (unpaired) electrons. The zero-order chi connectivity index (χ0) is 9.28. The molecule has 0 aliphatic heterocycles. The van der Waals surface area contributed by atoms with E-state index in [4.69, 9.17) is 4.43 Å². The molecule has 0 unspecified atom stereocenters. The third kappa shape index (κ3) is 17.8. The van der Waals surface area contributed by atoms with E-state index in [0.29, 0.717) is 6.10 Å². The van der Waals surface area contributed by atoms with E-state index in [1.54, 1.807) is 0 Å². The molecule has 0 saturated heterocycles. The van der Waals surface area contributed by atoms with Gasteiger partial charge in [-0.3, -0.25) is 0 Å². The highest BCUT2D eigenvalue weighted by Gasteiger charge is 1.81. The summed E-state index contributed by atoms with van der Waals surface area (Å²) < 4.78 is 4.89. The minimum absolute atomic E-state index is 0.446. The lowest BCUT2D eigenvalue weighted by molar-refractivity contribution is 0.267. The van der Waals surface area contributed by atoms with E-state index in [2.05, 4.69) is 25.8 Å². The molecule has 0 aliphatic carbocycles. The van der Waals surface area contributed by atoms with Crippen molar-refractivity contribution in [3.63, 3.8) is 0 Å². The van der Waals surface area contributed by atoms with Gasteiger partial charge in [0.2, 0.25) is 0 Å². The molecule has 0 rings (SSSR count). The average Bonchev–Trinajstić information content (AvgIpc) is 2.04. The first kappa shape index (κ1) is 13.7. The maximum Gasteiger partial charge on any atom is 0.146 e. The van der Waals surface area contributed by atoms with Crippen LogP contribution in [0.15, 0.2) is 0 Å². The highest BCUT2D eigenvalue weighted by atomic mass is 28.2. The third-order valence-electron chi connectivity index (χ3n) is 1.55. The van der Waals surface area contributed by atoms with Gasteiger partial charge in [-0.15, -0.1) is 0 Å². The topological polar surface area (TPSA) is 12.5 Å². The van der Waals surface area contributed by atoms with E-state index in [1.807, 2.05) is 13.8 Å². The van der Waals surface area contributed by atoms with Crippen LogP contribution in [-0.2, 0) is 4.43 Å². The van der Waals surface area contributed by atoms with Crippen LogP contribution in [0.1, 0.15) is 27.7 Å². The molecule has 0 fully saturated rings. The third-order valence-corrected chi connectivity index (χ3v) is 2.49. The summed E-state index contributed by atoms with van der Waals surface area (Å²) in [4.78, 5) is 2.25. The molecule has 0 atom stereocenters. The Labute approximate surface area is 74.5 Å². The highest BCUT2D eigenvalue weighted by molar-refractivity contribution is 5.98. The molecule has 70 valence electrons. The van der Waals surface area contributed by atoms with Crippen LogP contribution in [0.4, 0.5) is 0 Å². The standard InChI is InChI=1S/C5H13N.C3H10OSi/c1-4-6(3)5-2;1-3(2)4-5/h4-5H2,1-3H3;3H,1-2,5H3. The van der Waals surface area contributed by atoms with Crippen LogP contribution >= 0.6 is 0 Å². The maximum atomic E-state index is 4.89. The van der Waals surface area contributed by atoms with Gasteiger partial charge in [0.15, 0.2) is 0 Å². The van der Waals surface area contributed by atoms with Crippen molar-refractivity contribution in [1.29, 1.82) is 0 Å². The molecular formula is C8H23NOSi. The summed E-state index contributed by atoms with van der Waals surface area (Å²) in [6, 6.07) is 0. The fourth-order valence-electron chi connectivity index (χ4n) is 0.224. The minimum atomic E-state index is 0.446. The molecule has 11 heavy (non-hydrogen) atoms. The predicted molar refractivity (Wildman–Crippen MR) is 55.0 cm³/mol. The monoisotopic (exact) mass is 177 g/mol. The number of hydrogen-bond acceptors (Lipinski definition) is 2. The summed E-state index contributed by atoms with van der Waals surface area (Å²) in [6.07, 6.45) is 0.446. The van der Waals surface area contributed by atoms with Crippen LogP contribution in [0.2, 0.25) is 0 Å². The number of rotatable bonds is 3. The minimum Gasteiger partial charge on any atom is -0.426 e. The second-order valence-electron chi connectivity index (χ2n) is 2.77. The van der Waals surface area contributed by atoms with Crippen LogP contribution in [0.3, 0.4) is 0 Å². The Morgan fingerprint density at radius 3 is 1.55 bits per heavy atom. The summed E-state index contributed by atoms with van der Waals surface area (Å²) in [5, 5.41) is 0. The summed E-state index contributed by atoms with van der Waals surface area (Å²) in [7, 11) is 2.98. The Hall–Kier alpha value is 0.137. The first-order chi connectivity index (χ1) is 5.08. The lowest BCUT2D eigenvalue weighted by atomic mass is 10.5. The highest BCUT2D eigenvalue weighted by Crippen LogP contribution is 1.77. The second-order valence-corrected chi connectivity index (χ2v) is 3.24. The van der Waals surface area contributed by atoms with Crippen molar-refractivity contribution in [1.82, 2.24) is 4.90 Å². The number of nitrogens with zero attached hydrogens (tertiary/aromatic N) is 1. The lowest BCUT2D eigenvalue weighted by Gasteiger charge is -2.07. The first-order valence-corrected chi connectivity index (χ1v) is 5.11. The van der Waals surface area contributed by atoms with E-state index in [1.165, 1.54) is 0 Å². The van der Waals surface area contributed by atoms with Crippen molar-refractivity contribution in [2.75, 3.05) is 20.1 Å². The zero-order valence-electron chi connectivity index (χ0n) is 8.85. The van der Waals surface area contributed by atoms with Gasteiger partial charge < -0.3 is 9.33 Å². The van der Waals surface area contributed by atoms with Crippen LogP contribution in [0, 0.1) is 0 Å². The van der Waals surface area contributed by atoms with Crippen molar-refractivity contribution in [3.05, 3.63) is 0 Å². The molecule has 2 nitrogen and oxygen atoms in total. The Balaban J connectivity index is 0. The molecule has 0 aromatic rings. The van der Waals surface area contributed by atoms with E-state index >= 15 is 0 Å². The van der Waals surface area contributed by atoms with Gasteiger partial charge in [-0.1, -0.05) is 13.8 Å². The molecule has 3 heteroatoms. The molecule has 0 aromatic carbocycles. The van der Waals surface area contributed by atoms with Gasteiger partial charge in [-0.25, -0.2) is 0 Å². The fraction of sp³-hybridized carbons (Fsp3) is 1.00. The van der Waals surface area contributed by atoms with E-state index in [0.717, 1.165) is 23.6 Å². The first-order valence-electron chi connectivity index (χ1n) is 4.29. The lowest BCUT2D eigenvalue weighted by Crippen LogP contribution is -2.15. The molecule has 0 amide bonds. The van der Waals surface area contributed by atoms with Gasteiger partial charge in [0.25, 0.3) is 0 Å². The van der Waals surface area contributed by atoms with E-state index in [-0.39, 0.29) is 0 Å². The van der Waals surface area contributed by atoms with Gasteiger partial charge in [0, 0.05) is 6.10 Å². The molecule has 0 spiro atoms. The van der Waals surface area contributed by atoms with Crippen LogP contribution in [-0.4, -0.2) is 41.6 Å². The normalized spacial score (nSPS) is 10.1. The van der Waals surface area contributed by atoms with Gasteiger partial charge >= 0.3 is 0 Å². The summed E-state index contributed by atoms with van der Waals surface area (Å²) >= 11 is 0. The van der Waals surface area contributed by atoms with Gasteiger partial charge in [0.1, 0.15) is 10.5 Å². The molecule has 0 bridgehead atoms. The van der Waals surface area contributed by atoms with Crippen molar-refractivity contribution < 1.29 is 4.43 Å². The Bertz CT molecular complexity index is 65.1. The van der Waals surface area contributed by atoms with Crippen LogP contribution in [0.5, 0.6) is 0 Å². The number of hydrogen-bond donors (Lipinski definition) is 0. The van der Waals surface area contributed by atoms with E-state index in [9.17, 15) is 0 Å². The molecule has 0 N–H and O–H groups in total. The largest absolute Gasteiger partial charge is 0.426 e. The van der Waals surface area contributed by atoms with Gasteiger partial charge in [-0.05, 0) is 34.0 Å². The molecule has 0 saturated carbocycles. The van der Waals surface area contributed by atoms with Gasteiger partial charge in [-0.2, -0.15) is 0 Å². The Morgan fingerprint density at radius 2 is 1.55 bits per heavy atom. The predicted octanol–water partition coefficient (Wildman–Crippen LogP) is 0.650. The van der Waals surface area contributed by atoms with Crippen molar-refractivity contribution in [2.24, 2.45) is 0 Å². The van der Waals surface area contributed by atoms with Crippen molar-refractivity contribution in [3.8, 4) is 0 Å². The smallest absolute Gasteiger partial charge is 0.146 e. The van der Waals surface area contributed by atoms with Crippen molar-refractivity contribution in [2.45, 2.75) is 33.8 Å². The van der Waals surface area contributed by atoms with Crippen LogP contribution < -0.4 is 0 Å². The summed E-state index contributed by atoms with van der Waals surface area (Å²) in [6.45, 7) is 10.7. The van der Waals surface area contributed by atoms with Crippen LogP contribution in [0.25, 0.3) is 0 Å². The average molecular weight is 177 g/mol. The van der Waals surface area contributed by atoms with Gasteiger partial charge in [0.05, 0.1) is 0 Å². The van der Waals surface area contributed by atoms with E-state index < -0.39 is 0 Å². The molecule has 0 heterocycles. The zero-order valence-corrected chi connectivity index (χ0v) is 10.8. The molecule has 0 aromatic heterocycles. The fourth-order valence-corrected chi connectivity index (χ4v) is 0.224. The maximum absolute atomic E-state index is 4.89.